The van der Waals surface area contributed by atoms with Crippen LogP contribution in [0.4, 0.5) is 0 Å². The molecule has 0 saturated carbocycles. The lowest BCUT2D eigenvalue weighted by molar-refractivity contribution is 0.574. The molecular weight excluding hydrogens is 528 g/mol. The van der Waals surface area contributed by atoms with Gasteiger partial charge in [-0.05, 0) is 71.6 Å². The molecular formula is C44H72. The first-order chi connectivity index (χ1) is 19.5. The van der Waals surface area contributed by atoms with Gasteiger partial charge in [-0.15, -0.1) is 0 Å². The van der Waals surface area contributed by atoms with E-state index in [0.29, 0.717) is 23.7 Å². The molecule has 0 fully saturated rings. The monoisotopic (exact) mass is 601 g/mol. The summed E-state index contributed by atoms with van der Waals surface area (Å²) in [7, 11) is 0. The number of hydrogen-bond donors (Lipinski definition) is 0. The molecule has 4 unspecified atom stereocenters. The van der Waals surface area contributed by atoms with E-state index in [9.17, 15) is 0 Å². The van der Waals surface area contributed by atoms with Crippen molar-refractivity contribution in [3.05, 3.63) is 144 Å². The summed E-state index contributed by atoms with van der Waals surface area (Å²) in [5, 5.41) is 0. The first-order valence-electron chi connectivity index (χ1n) is 15.7. The highest BCUT2D eigenvalue weighted by atomic mass is 14.2. The van der Waals surface area contributed by atoms with Gasteiger partial charge in [0.2, 0.25) is 0 Å². The van der Waals surface area contributed by atoms with Crippen LogP contribution >= 0.6 is 0 Å². The van der Waals surface area contributed by atoms with Crippen molar-refractivity contribution < 1.29 is 0 Å². The van der Waals surface area contributed by atoms with Crippen LogP contribution in [0, 0.1) is 0 Å². The van der Waals surface area contributed by atoms with Gasteiger partial charge < -0.3 is 0 Å². The summed E-state index contributed by atoms with van der Waals surface area (Å²) in [5.41, 5.74) is 5.83. The van der Waals surface area contributed by atoms with Crippen LogP contribution in [0.2, 0.25) is 0 Å². The average Bonchev–Trinajstić information content (AvgIpc) is 3.06. The molecule has 0 aliphatic heterocycles. The summed E-state index contributed by atoms with van der Waals surface area (Å²) in [4.78, 5) is 0. The maximum atomic E-state index is 2.33. The Morgan fingerprint density at radius 1 is 0.295 bits per heavy atom. The molecule has 0 nitrogen and oxygen atoms in total. The van der Waals surface area contributed by atoms with Crippen molar-refractivity contribution in [2.45, 2.75) is 134 Å². The second kappa shape index (κ2) is 29.9. The van der Waals surface area contributed by atoms with Gasteiger partial charge in [-0.1, -0.05) is 206 Å². The minimum absolute atomic E-state index is 0. The Bertz CT molecular complexity index is 888. The van der Waals surface area contributed by atoms with Crippen molar-refractivity contribution in [3.63, 3.8) is 0 Å². The maximum absolute atomic E-state index is 2.33. The summed E-state index contributed by atoms with van der Waals surface area (Å²) in [6.45, 7) is 17.3. The van der Waals surface area contributed by atoms with E-state index < -0.39 is 0 Å². The van der Waals surface area contributed by atoms with Gasteiger partial charge in [-0.25, -0.2) is 0 Å². The molecule has 0 aliphatic carbocycles. The smallest absolute Gasteiger partial charge is 0.0190 e. The molecule has 0 aliphatic rings. The highest BCUT2D eigenvalue weighted by Gasteiger charge is 2.10. The van der Waals surface area contributed by atoms with Gasteiger partial charge in [0.1, 0.15) is 0 Å². The summed E-state index contributed by atoms with van der Waals surface area (Å²) in [5.74, 6) is 2.60. The van der Waals surface area contributed by atoms with Gasteiger partial charge in [-0.3, -0.25) is 0 Å². The van der Waals surface area contributed by atoms with Crippen LogP contribution in [-0.4, -0.2) is 0 Å². The zero-order valence-corrected chi connectivity index (χ0v) is 26.7. The Kier molecular flexibility index (Phi) is 32.5. The van der Waals surface area contributed by atoms with Crippen LogP contribution < -0.4 is 0 Å². The molecule has 0 saturated heterocycles. The van der Waals surface area contributed by atoms with Crippen LogP contribution in [-0.2, 0) is 0 Å². The molecule has 44 heavy (non-hydrogen) atoms. The Labute approximate surface area is 277 Å². The molecule has 4 aromatic carbocycles. The van der Waals surface area contributed by atoms with Crippen LogP contribution in [0.25, 0.3) is 0 Å². The van der Waals surface area contributed by atoms with Gasteiger partial charge in [0.25, 0.3) is 0 Å². The highest BCUT2D eigenvalue weighted by molar-refractivity contribution is 5.22. The predicted molar refractivity (Wildman–Crippen MR) is 208 cm³/mol. The van der Waals surface area contributed by atoms with E-state index in [4.69, 9.17) is 0 Å². The zero-order valence-electron chi connectivity index (χ0n) is 26.7. The fraction of sp³-hybridized carbons (Fsp3) is 0.455. The standard InChI is InChI=1S/2C18H22.2C2H6.4CH4/c2*1-15(17-9-5-3-6-10-17)13-14-16(2)18-11-7-4-8-12-18;2*1-2;;;;/h2*3-12,15-16H,13-14H2,1-2H3;2*1-2H3;4*1H4. The molecule has 4 aromatic rings. The Morgan fingerprint density at radius 3 is 0.568 bits per heavy atom. The number of rotatable bonds is 10. The normalized spacial score (nSPS) is 11.8. The third-order valence-corrected chi connectivity index (χ3v) is 7.54. The topological polar surface area (TPSA) is 0 Å². The molecule has 0 heterocycles. The minimum atomic E-state index is 0. The number of benzene rings is 4. The molecule has 0 N–H and O–H groups in total. The fourth-order valence-electron chi connectivity index (χ4n) is 4.79. The Hall–Kier alpha value is -3.12. The first kappa shape index (κ1) is 47.8. The van der Waals surface area contributed by atoms with E-state index >= 15 is 0 Å². The van der Waals surface area contributed by atoms with E-state index in [-0.39, 0.29) is 29.7 Å². The van der Waals surface area contributed by atoms with Crippen molar-refractivity contribution in [1.82, 2.24) is 0 Å². The summed E-state index contributed by atoms with van der Waals surface area (Å²) < 4.78 is 0. The summed E-state index contributed by atoms with van der Waals surface area (Å²) in [6.07, 6.45) is 5.00. The van der Waals surface area contributed by atoms with Gasteiger partial charge in [0.05, 0.1) is 0 Å². The van der Waals surface area contributed by atoms with Crippen molar-refractivity contribution in [1.29, 1.82) is 0 Å². The highest BCUT2D eigenvalue weighted by Crippen LogP contribution is 2.28. The molecule has 0 bridgehead atoms. The molecule has 0 radical (unpaired) electrons. The lowest BCUT2D eigenvalue weighted by Gasteiger charge is -2.16. The molecule has 4 rings (SSSR count). The number of hydrogen-bond acceptors (Lipinski definition) is 0. The molecule has 248 valence electrons. The second-order valence-electron chi connectivity index (χ2n) is 10.4. The van der Waals surface area contributed by atoms with Gasteiger partial charge in [0, 0.05) is 0 Å². The van der Waals surface area contributed by atoms with Crippen LogP contribution in [0.15, 0.2) is 121 Å². The van der Waals surface area contributed by atoms with Crippen LogP contribution in [0.1, 0.15) is 157 Å². The van der Waals surface area contributed by atoms with Crippen LogP contribution in [0.3, 0.4) is 0 Å². The van der Waals surface area contributed by atoms with Gasteiger partial charge in [0.15, 0.2) is 0 Å². The minimum Gasteiger partial charge on any atom is -0.0776 e. The summed E-state index contributed by atoms with van der Waals surface area (Å²) in [6, 6.07) is 43.3. The van der Waals surface area contributed by atoms with Crippen molar-refractivity contribution in [2.24, 2.45) is 0 Å². The Morgan fingerprint density at radius 2 is 0.432 bits per heavy atom. The quantitative estimate of drug-likeness (QED) is 0.170. The third kappa shape index (κ3) is 18.5. The van der Waals surface area contributed by atoms with Crippen molar-refractivity contribution >= 4 is 0 Å². The lowest BCUT2D eigenvalue weighted by Crippen LogP contribution is -1.98. The molecule has 0 heteroatoms. The molecule has 0 aromatic heterocycles. The maximum Gasteiger partial charge on any atom is -0.0190 e. The zero-order chi connectivity index (χ0) is 29.6. The van der Waals surface area contributed by atoms with Crippen LogP contribution in [0.5, 0.6) is 0 Å². The van der Waals surface area contributed by atoms with E-state index in [1.54, 1.807) is 0 Å². The fourth-order valence-corrected chi connectivity index (χ4v) is 4.79. The summed E-state index contributed by atoms with van der Waals surface area (Å²) >= 11 is 0. The second-order valence-corrected chi connectivity index (χ2v) is 10.4. The molecule has 0 amide bonds. The van der Waals surface area contributed by atoms with E-state index in [1.165, 1.54) is 47.9 Å². The van der Waals surface area contributed by atoms with Gasteiger partial charge in [-0.2, -0.15) is 0 Å². The van der Waals surface area contributed by atoms with Gasteiger partial charge >= 0.3 is 0 Å². The molecule has 4 atom stereocenters. The third-order valence-electron chi connectivity index (χ3n) is 7.54. The predicted octanol–water partition coefficient (Wildman–Crippen LogP) is 15.3. The SMILES string of the molecule is C.C.C.C.CC.CC.CC(CCC(C)c1ccccc1)c1ccccc1.CC(CCC(C)c1ccccc1)c1ccccc1. The van der Waals surface area contributed by atoms with E-state index in [1.807, 2.05) is 27.7 Å². The Balaban J connectivity index is -0.000000302. The van der Waals surface area contributed by atoms with Crippen molar-refractivity contribution in [2.75, 3.05) is 0 Å². The van der Waals surface area contributed by atoms with E-state index in [2.05, 4.69) is 149 Å². The van der Waals surface area contributed by atoms with Crippen molar-refractivity contribution in [3.8, 4) is 0 Å². The lowest BCUT2D eigenvalue weighted by atomic mass is 9.89. The molecule has 0 spiro atoms. The van der Waals surface area contributed by atoms with E-state index in [0.717, 1.165) is 0 Å². The first-order valence-corrected chi connectivity index (χ1v) is 15.7. The average molecular weight is 601 g/mol. The largest absolute Gasteiger partial charge is 0.0776 e.